The van der Waals surface area contributed by atoms with E-state index in [1.54, 1.807) is 6.92 Å². The maximum absolute atomic E-state index is 13.5. The van der Waals surface area contributed by atoms with Gasteiger partial charge in [-0.2, -0.15) is 0 Å². The number of rotatable bonds is 8. The van der Waals surface area contributed by atoms with E-state index in [2.05, 4.69) is 17.2 Å². The minimum atomic E-state index is -0.587. The molecule has 0 amide bonds. The molecule has 4 aromatic rings. The van der Waals surface area contributed by atoms with Crippen molar-refractivity contribution < 1.29 is 9.26 Å². The normalized spacial score (nSPS) is 12.1. The van der Waals surface area contributed by atoms with Crippen LogP contribution in [0.3, 0.4) is 0 Å². The Morgan fingerprint density at radius 1 is 0.969 bits per heavy atom. The Hall–Kier alpha value is -3.74. The molecule has 2 aromatic carbocycles. The van der Waals surface area contributed by atoms with Crippen LogP contribution in [-0.4, -0.2) is 21.5 Å². The predicted molar refractivity (Wildman–Crippen MR) is 123 cm³/mol. The van der Waals surface area contributed by atoms with Gasteiger partial charge in [0.05, 0.1) is 35.0 Å². The highest BCUT2D eigenvalue weighted by molar-refractivity contribution is 5.46. The van der Waals surface area contributed by atoms with Crippen LogP contribution in [-0.2, 0) is 0 Å². The molecule has 0 bridgehead atoms. The summed E-state index contributed by atoms with van der Waals surface area (Å²) >= 11 is 0. The smallest absolute Gasteiger partial charge is 0.361 e. The minimum Gasteiger partial charge on any atom is -0.494 e. The Bertz CT molecular complexity index is 1290. The predicted octanol–water partition coefficient (Wildman–Crippen LogP) is 4.42. The molecular formula is C25H27N3O4. The third-order valence-corrected chi connectivity index (χ3v) is 5.61. The van der Waals surface area contributed by atoms with Crippen LogP contribution in [0.25, 0.3) is 5.69 Å². The van der Waals surface area contributed by atoms with E-state index in [-0.39, 0.29) is 5.56 Å². The van der Waals surface area contributed by atoms with Crippen LogP contribution in [0, 0.1) is 13.8 Å². The molecule has 1 atom stereocenters. The number of unbranched alkanes of at least 4 members (excludes halogenated alkanes) is 1. The van der Waals surface area contributed by atoms with E-state index in [0.717, 1.165) is 29.8 Å². The van der Waals surface area contributed by atoms with Crippen LogP contribution in [0.15, 0.2) is 68.7 Å². The van der Waals surface area contributed by atoms with Gasteiger partial charge >= 0.3 is 5.63 Å². The standard InChI is InChI=1S/C25H27N3O4/c1-4-5-15-31-20-13-11-18(12-14-20)23(22-17(3)27-32-25(22)30)21-16(2)26-28(24(21)29)19-9-7-6-8-10-19/h6-14,23,26-27H,4-5,15H2,1-3H3. The Balaban J connectivity index is 1.83. The minimum absolute atomic E-state index is 0.207. The summed E-state index contributed by atoms with van der Waals surface area (Å²) in [5, 5.41) is 5.81. The highest BCUT2D eigenvalue weighted by Crippen LogP contribution is 2.32. The molecule has 0 spiro atoms. The lowest BCUT2D eigenvalue weighted by molar-refractivity contribution is 0.309. The van der Waals surface area contributed by atoms with Gasteiger partial charge in [-0.1, -0.05) is 43.7 Å². The van der Waals surface area contributed by atoms with Crippen molar-refractivity contribution in [3.63, 3.8) is 0 Å². The summed E-state index contributed by atoms with van der Waals surface area (Å²) in [4.78, 5) is 26.2. The molecule has 2 aromatic heterocycles. The number of ether oxygens (including phenoxy) is 1. The van der Waals surface area contributed by atoms with Gasteiger partial charge in [0.1, 0.15) is 5.75 Å². The number of nitrogens with zero attached hydrogens (tertiary/aromatic N) is 1. The first-order valence-corrected chi connectivity index (χ1v) is 10.8. The summed E-state index contributed by atoms with van der Waals surface area (Å²) in [6.07, 6.45) is 2.04. The topological polar surface area (TPSA) is 93.0 Å². The maximum Gasteiger partial charge on any atom is 0.361 e. The highest BCUT2D eigenvalue weighted by atomic mass is 16.5. The van der Waals surface area contributed by atoms with Gasteiger partial charge in [0.2, 0.25) is 0 Å². The molecule has 0 saturated heterocycles. The molecule has 7 nitrogen and oxygen atoms in total. The largest absolute Gasteiger partial charge is 0.494 e. The molecule has 166 valence electrons. The van der Waals surface area contributed by atoms with Gasteiger partial charge in [-0.15, -0.1) is 0 Å². The van der Waals surface area contributed by atoms with Crippen molar-refractivity contribution >= 4 is 0 Å². The summed E-state index contributed by atoms with van der Waals surface area (Å²) in [6.45, 7) is 6.38. The number of hydrogen-bond acceptors (Lipinski definition) is 4. The fourth-order valence-electron chi connectivity index (χ4n) is 3.95. The first kappa shape index (κ1) is 21.5. The molecule has 2 N–H and O–H groups in total. The summed E-state index contributed by atoms with van der Waals surface area (Å²) in [7, 11) is 0. The van der Waals surface area contributed by atoms with Crippen LogP contribution in [0.2, 0.25) is 0 Å². The molecule has 4 rings (SSSR count). The van der Waals surface area contributed by atoms with Crippen molar-refractivity contribution in [2.75, 3.05) is 6.61 Å². The van der Waals surface area contributed by atoms with Crippen molar-refractivity contribution in [1.82, 2.24) is 14.9 Å². The molecule has 7 heteroatoms. The number of benzene rings is 2. The highest BCUT2D eigenvalue weighted by Gasteiger charge is 2.30. The lowest BCUT2D eigenvalue weighted by Crippen LogP contribution is -2.23. The van der Waals surface area contributed by atoms with Gasteiger partial charge in [-0.3, -0.25) is 9.89 Å². The fraction of sp³-hybridized carbons (Fsp3) is 0.280. The lowest BCUT2D eigenvalue weighted by Gasteiger charge is -2.16. The first-order chi connectivity index (χ1) is 15.5. The molecule has 0 aliphatic carbocycles. The van der Waals surface area contributed by atoms with Gasteiger partial charge in [0, 0.05) is 5.69 Å². The molecule has 0 saturated carbocycles. The summed E-state index contributed by atoms with van der Waals surface area (Å²) < 4.78 is 12.3. The second kappa shape index (κ2) is 9.18. The quantitative estimate of drug-likeness (QED) is 0.402. The fourth-order valence-corrected chi connectivity index (χ4v) is 3.95. The first-order valence-electron chi connectivity index (χ1n) is 10.8. The Morgan fingerprint density at radius 2 is 1.69 bits per heavy atom. The average Bonchev–Trinajstić information content (AvgIpc) is 3.29. The molecular weight excluding hydrogens is 406 g/mol. The maximum atomic E-state index is 13.5. The zero-order valence-electron chi connectivity index (χ0n) is 18.5. The zero-order chi connectivity index (χ0) is 22.7. The molecule has 0 radical (unpaired) electrons. The van der Waals surface area contributed by atoms with Crippen LogP contribution < -0.4 is 15.9 Å². The van der Waals surface area contributed by atoms with Crippen molar-refractivity contribution in [2.24, 2.45) is 0 Å². The van der Waals surface area contributed by atoms with Crippen LogP contribution in [0.4, 0.5) is 0 Å². The van der Waals surface area contributed by atoms with Crippen molar-refractivity contribution in [2.45, 2.75) is 39.5 Å². The van der Waals surface area contributed by atoms with Gasteiger partial charge in [-0.05, 0) is 50.1 Å². The second-order valence-corrected chi connectivity index (χ2v) is 7.86. The van der Waals surface area contributed by atoms with E-state index < -0.39 is 11.5 Å². The summed E-state index contributed by atoms with van der Waals surface area (Å²) in [5.74, 6) is 0.169. The molecule has 0 aliphatic rings. The second-order valence-electron chi connectivity index (χ2n) is 7.86. The van der Waals surface area contributed by atoms with E-state index in [1.807, 2.05) is 61.5 Å². The monoisotopic (exact) mass is 433 g/mol. The molecule has 0 fully saturated rings. The van der Waals surface area contributed by atoms with E-state index in [1.165, 1.54) is 4.68 Å². The number of nitrogens with one attached hydrogen (secondary N) is 2. The average molecular weight is 434 g/mol. The van der Waals surface area contributed by atoms with Crippen LogP contribution in [0.1, 0.15) is 53.8 Å². The summed E-state index contributed by atoms with van der Waals surface area (Å²) in [6, 6.07) is 16.9. The third-order valence-electron chi connectivity index (χ3n) is 5.61. The van der Waals surface area contributed by atoms with E-state index in [4.69, 9.17) is 9.26 Å². The van der Waals surface area contributed by atoms with Crippen LogP contribution in [0.5, 0.6) is 5.75 Å². The molecule has 2 heterocycles. The van der Waals surface area contributed by atoms with Gasteiger partial charge < -0.3 is 9.26 Å². The van der Waals surface area contributed by atoms with E-state index >= 15 is 0 Å². The third kappa shape index (κ3) is 4.06. The number of aryl methyl sites for hydroxylation is 2. The number of aromatic amines is 2. The number of H-pyrrole nitrogens is 2. The van der Waals surface area contributed by atoms with Crippen molar-refractivity contribution in [3.05, 3.63) is 103 Å². The van der Waals surface area contributed by atoms with E-state index in [0.29, 0.717) is 29.1 Å². The number of hydrogen-bond donors (Lipinski definition) is 2. The SMILES string of the molecule is CCCCOc1ccc(C(c2c(C)[nH]oc2=O)c2c(C)[nH]n(-c3ccccc3)c2=O)cc1. The van der Waals surface area contributed by atoms with Crippen molar-refractivity contribution in [1.29, 1.82) is 0 Å². The van der Waals surface area contributed by atoms with Gasteiger partial charge in [0.15, 0.2) is 0 Å². The summed E-state index contributed by atoms with van der Waals surface area (Å²) in [5.41, 5.74) is 3.04. The number of aromatic nitrogens is 3. The van der Waals surface area contributed by atoms with Crippen LogP contribution >= 0.6 is 0 Å². The van der Waals surface area contributed by atoms with Gasteiger partial charge in [0.25, 0.3) is 5.56 Å². The Labute approximate surface area is 185 Å². The zero-order valence-corrected chi connectivity index (χ0v) is 18.5. The molecule has 32 heavy (non-hydrogen) atoms. The van der Waals surface area contributed by atoms with Crippen molar-refractivity contribution in [3.8, 4) is 11.4 Å². The molecule has 0 aliphatic heterocycles. The molecule has 1 unspecified atom stereocenters. The Kier molecular flexibility index (Phi) is 6.16. The van der Waals surface area contributed by atoms with Gasteiger partial charge in [-0.25, -0.2) is 14.6 Å². The number of para-hydroxylation sites is 1. The lowest BCUT2D eigenvalue weighted by atomic mass is 9.85. The van der Waals surface area contributed by atoms with E-state index in [9.17, 15) is 9.59 Å². The Morgan fingerprint density at radius 3 is 2.31 bits per heavy atom.